The number of ketones is 1. The normalized spacial score (nSPS) is 9.56. The van der Waals surface area contributed by atoms with Gasteiger partial charge in [0.05, 0.1) is 5.69 Å². The molecule has 0 spiro atoms. The summed E-state index contributed by atoms with van der Waals surface area (Å²) in [7, 11) is 0. The summed E-state index contributed by atoms with van der Waals surface area (Å²) in [6, 6.07) is 0. The fourth-order valence-corrected chi connectivity index (χ4v) is 1.10. The molecule has 1 heterocycles. The average molecular weight is 142 g/mol. The molecule has 4 heteroatoms. The van der Waals surface area contributed by atoms with E-state index in [-0.39, 0.29) is 5.78 Å². The molecular weight excluding hydrogens is 136 g/mol. The van der Waals surface area contributed by atoms with E-state index in [0.717, 1.165) is 17.2 Å². The van der Waals surface area contributed by atoms with Crippen LogP contribution in [-0.4, -0.2) is 15.4 Å². The third-order valence-electron chi connectivity index (χ3n) is 0.971. The number of hydrogen-bond donors (Lipinski definition) is 0. The first-order valence-electron chi connectivity index (χ1n) is 2.51. The SMILES string of the molecule is CC(=O)c1snnc1C. The molecule has 9 heavy (non-hydrogen) atoms. The summed E-state index contributed by atoms with van der Waals surface area (Å²) in [5.74, 6) is 0.0440. The molecule has 0 amide bonds. The number of aryl methyl sites for hydroxylation is 1. The van der Waals surface area contributed by atoms with Gasteiger partial charge in [0.15, 0.2) is 5.78 Å². The minimum atomic E-state index is 0.0440. The third-order valence-corrected chi connectivity index (χ3v) is 1.90. The molecule has 0 aliphatic carbocycles. The molecule has 0 aliphatic rings. The van der Waals surface area contributed by atoms with E-state index >= 15 is 0 Å². The van der Waals surface area contributed by atoms with Crippen molar-refractivity contribution >= 4 is 17.3 Å². The van der Waals surface area contributed by atoms with E-state index in [1.54, 1.807) is 6.92 Å². The quantitative estimate of drug-likeness (QED) is 0.550. The van der Waals surface area contributed by atoms with Crippen molar-refractivity contribution in [3.05, 3.63) is 10.6 Å². The lowest BCUT2D eigenvalue weighted by molar-refractivity contribution is 0.102. The van der Waals surface area contributed by atoms with Crippen LogP contribution in [0.25, 0.3) is 0 Å². The Morgan fingerprint density at radius 1 is 1.67 bits per heavy atom. The molecule has 0 aromatic carbocycles. The van der Waals surface area contributed by atoms with Crippen molar-refractivity contribution < 1.29 is 4.79 Å². The second kappa shape index (κ2) is 2.23. The Labute approximate surface area is 56.9 Å². The number of carbonyl (C=O) groups excluding carboxylic acids is 1. The van der Waals surface area contributed by atoms with Crippen LogP contribution in [0.3, 0.4) is 0 Å². The summed E-state index contributed by atoms with van der Waals surface area (Å²) in [5, 5.41) is 3.69. The van der Waals surface area contributed by atoms with Crippen molar-refractivity contribution in [2.24, 2.45) is 0 Å². The lowest BCUT2D eigenvalue weighted by Gasteiger charge is -1.83. The molecule has 0 saturated heterocycles. The van der Waals surface area contributed by atoms with Crippen molar-refractivity contribution in [1.82, 2.24) is 9.59 Å². The Kier molecular flexibility index (Phi) is 1.57. The fourth-order valence-electron chi connectivity index (χ4n) is 0.553. The molecule has 0 N–H and O–H groups in total. The molecule has 0 aliphatic heterocycles. The van der Waals surface area contributed by atoms with Gasteiger partial charge in [-0.15, -0.1) is 5.10 Å². The molecule has 0 saturated carbocycles. The van der Waals surface area contributed by atoms with Crippen LogP contribution >= 0.6 is 11.5 Å². The zero-order chi connectivity index (χ0) is 6.85. The highest BCUT2D eigenvalue weighted by molar-refractivity contribution is 7.08. The Bertz CT molecular complexity index is 231. The van der Waals surface area contributed by atoms with Gasteiger partial charge in [0.25, 0.3) is 0 Å². The molecule has 48 valence electrons. The van der Waals surface area contributed by atoms with E-state index in [9.17, 15) is 4.79 Å². The zero-order valence-corrected chi connectivity index (χ0v) is 6.03. The van der Waals surface area contributed by atoms with Crippen molar-refractivity contribution in [3.63, 3.8) is 0 Å². The Balaban J connectivity index is 3.08. The van der Waals surface area contributed by atoms with Gasteiger partial charge in [0.2, 0.25) is 0 Å². The lowest BCUT2D eigenvalue weighted by Crippen LogP contribution is -1.89. The monoisotopic (exact) mass is 142 g/mol. The summed E-state index contributed by atoms with van der Waals surface area (Å²) in [6.45, 7) is 3.29. The molecule has 1 rings (SSSR count). The van der Waals surface area contributed by atoms with Gasteiger partial charge in [0.1, 0.15) is 4.88 Å². The van der Waals surface area contributed by atoms with Crippen LogP contribution in [0.1, 0.15) is 22.3 Å². The van der Waals surface area contributed by atoms with Crippen LogP contribution in [0.2, 0.25) is 0 Å². The van der Waals surface area contributed by atoms with Gasteiger partial charge in [-0.05, 0) is 18.5 Å². The second-order valence-corrected chi connectivity index (χ2v) is 2.50. The zero-order valence-electron chi connectivity index (χ0n) is 5.21. The maximum Gasteiger partial charge on any atom is 0.173 e. The summed E-state index contributed by atoms with van der Waals surface area (Å²) in [6.07, 6.45) is 0. The number of Topliss-reactive ketones (excluding diaryl/α,β-unsaturated/α-hetero) is 1. The predicted octanol–water partition coefficient (Wildman–Crippen LogP) is 1.05. The number of nitrogens with zero attached hydrogens (tertiary/aromatic N) is 2. The smallest absolute Gasteiger partial charge is 0.173 e. The van der Waals surface area contributed by atoms with Crippen molar-refractivity contribution in [1.29, 1.82) is 0 Å². The first kappa shape index (κ1) is 6.35. The molecule has 0 bridgehead atoms. The van der Waals surface area contributed by atoms with E-state index in [1.165, 1.54) is 6.92 Å². The molecule has 0 radical (unpaired) electrons. The fraction of sp³-hybridized carbons (Fsp3) is 0.400. The molecule has 1 aromatic rings. The third kappa shape index (κ3) is 1.13. The highest BCUT2D eigenvalue weighted by atomic mass is 32.1. The number of aromatic nitrogens is 2. The van der Waals surface area contributed by atoms with E-state index in [1.807, 2.05) is 0 Å². The van der Waals surface area contributed by atoms with Crippen LogP contribution in [0.4, 0.5) is 0 Å². The molecule has 0 atom stereocenters. The Morgan fingerprint density at radius 3 is 2.56 bits per heavy atom. The molecule has 0 unspecified atom stereocenters. The van der Waals surface area contributed by atoms with Crippen LogP contribution in [0.15, 0.2) is 0 Å². The van der Waals surface area contributed by atoms with Gasteiger partial charge in [-0.3, -0.25) is 4.79 Å². The number of hydrogen-bond acceptors (Lipinski definition) is 4. The van der Waals surface area contributed by atoms with E-state index in [4.69, 9.17) is 0 Å². The second-order valence-electron chi connectivity index (χ2n) is 1.74. The van der Waals surface area contributed by atoms with E-state index in [0.29, 0.717) is 4.88 Å². The van der Waals surface area contributed by atoms with Crippen LogP contribution < -0.4 is 0 Å². The minimum absolute atomic E-state index is 0.0440. The van der Waals surface area contributed by atoms with Gasteiger partial charge in [-0.2, -0.15) is 0 Å². The van der Waals surface area contributed by atoms with Crippen LogP contribution in [0.5, 0.6) is 0 Å². The molecular formula is C5H6N2OS. The van der Waals surface area contributed by atoms with Crippen molar-refractivity contribution in [3.8, 4) is 0 Å². The van der Waals surface area contributed by atoms with Gasteiger partial charge in [-0.1, -0.05) is 4.49 Å². The largest absolute Gasteiger partial charge is 0.293 e. The van der Waals surface area contributed by atoms with Crippen LogP contribution in [-0.2, 0) is 0 Å². The van der Waals surface area contributed by atoms with E-state index in [2.05, 4.69) is 9.59 Å². The molecule has 0 fully saturated rings. The van der Waals surface area contributed by atoms with Crippen LogP contribution in [0, 0.1) is 6.92 Å². The predicted molar refractivity (Wildman–Crippen MR) is 34.7 cm³/mol. The van der Waals surface area contributed by atoms with Gasteiger partial charge in [0, 0.05) is 6.92 Å². The number of rotatable bonds is 1. The summed E-state index contributed by atoms with van der Waals surface area (Å²) in [5.41, 5.74) is 0.729. The summed E-state index contributed by atoms with van der Waals surface area (Å²) < 4.78 is 3.61. The highest BCUT2D eigenvalue weighted by Gasteiger charge is 2.06. The lowest BCUT2D eigenvalue weighted by atomic mass is 10.3. The van der Waals surface area contributed by atoms with Crippen molar-refractivity contribution in [2.45, 2.75) is 13.8 Å². The summed E-state index contributed by atoms with van der Waals surface area (Å²) >= 11 is 1.15. The van der Waals surface area contributed by atoms with Crippen molar-refractivity contribution in [2.75, 3.05) is 0 Å². The Morgan fingerprint density at radius 2 is 2.33 bits per heavy atom. The standard InChI is InChI=1S/C5H6N2OS/c1-3-5(4(2)8)9-7-6-3/h1-2H3. The highest BCUT2D eigenvalue weighted by Crippen LogP contribution is 2.08. The van der Waals surface area contributed by atoms with Gasteiger partial charge >= 0.3 is 0 Å². The molecule has 3 nitrogen and oxygen atoms in total. The maximum absolute atomic E-state index is 10.7. The maximum atomic E-state index is 10.7. The minimum Gasteiger partial charge on any atom is -0.293 e. The van der Waals surface area contributed by atoms with Gasteiger partial charge < -0.3 is 0 Å². The van der Waals surface area contributed by atoms with E-state index < -0.39 is 0 Å². The average Bonchev–Trinajstić information content (AvgIpc) is 2.13. The number of carbonyl (C=O) groups is 1. The topological polar surface area (TPSA) is 42.9 Å². The first-order chi connectivity index (χ1) is 4.22. The summed E-state index contributed by atoms with van der Waals surface area (Å²) in [4.78, 5) is 11.3. The Hall–Kier alpha value is -0.770. The first-order valence-corrected chi connectivity index (χ1v) is 3.29. The molecule has 1 aromatic heterocycles. The van der Waals surface area contributed by atoms with Gasteiger partial charge in [-0.25, -0.2) is 0 Å².